The zero-order valence-corrected chi connectivity index (χ0v) is 12.6. The lowest BCUT2D eigenvalue weighted by atomic mass is 10.1. The lowest BCUT2D eigenvalue weighted by Gasteiger charge is -2.36. The molecule has 0 saturated carbocycles. The van der Waals surface area contributed by atoms with Crippen molar-refractivity contribution in [3.8, 4) is 5.75 Å². The summed E-state index contributed by atoms with van der Waals surface area (Å²) in [7, 11) is 3.66. The predicted octanol–water partition coefficient (Wildman–Crippen LogP) is 2.67. The highest BCUT2D eigenvalue weighted by Gasteiger charge is 2.15. The molecular weight excluding hydrogens is 227 g/mol. The first kappa shape index (κ1) is 14.5. The average molecular weight is 252 g/mol. The number of aryl methyl sites for hydroxylation is 1. The van der Waals surface area contributed by atoms with Gasteiger partial charge in [0.05, 0.1) is 7.11 Å². The Kier molecular flexibility index (Phi) is 5.45. The van der Waals surface area contributed by atoms with E-state index in [2.05, 4.69) is 51.5 Å². The van der Waals surface area contributed by atoms with Gasteiger partial charge in [-0.05, 0) is 54.0 Å². The molecule has 0 N–H and O–H groups in total. The van der Waals surface area contributed by atoms with Crippen LogP contribution in [0.15, 0.2) is 24.3 Å². The summed E-state index contributed by atoms with van der Waals surface area (Å²) in [5, 5.41) is 0.832. The molecule has 0 spiro atoms. The van der Waals surface area contributed by atoms with E-state index in [1.54, 1.807) is 7.11 Å². The van der Waals surface area contributed by atoms with Crippen molar-refractivity contribution in [3.05, 3.63) is 29.8 Å². The van der Waals surface area contributed by atoms with Crippen LogP contribution in [0, 0.1) is 0 Å². The Morgan fingerprint density at radius 1 is 1.24 bits per heavy atom. The molecule has 0 aliphatic rings. The molecule has 1 aromatic carbocycles. The third kappa shape index (κ3) is 4.67. The fourth-order valence-corrected chi connectivity index (χ4v) is 3.04. The molecule has 1 aromatic rings. The number of methoxy groups -OCH3 is 1. The van der Waals surface area contributed by atoms with Crippen molar-refractivity contribution in [3.63, 3.8) is 0 Å². The van der Waals surface area contributed by atoms with Crippen LogP contribution in [0.1, 0.15) is 18.9 Å². The molecule has 3 heteroatoms. The van der Waals surface area contributed by atoms with Gasteiger partial charge in [-0.15, -0.1) is 0 Å². The van der Waals surface area contributed by atoms with Gasteiger partial charge in [0.15, 0.2) is 0 Å². The molecule has 0 bridgehead atoms. The van der Waals surface area contributed by atoms with Gasteiger partial charge in [-0.25, -0.2) is 0 Å². The van der Waals surface area contributed by atoms with E-state index in [9.17, 15) is 0 Å². The van der Waals surface area contributed by atoms with E-state index < -0.39 is 10.0 Å². The highest BCUT2D eigenvalue weighted by atomic mass is 32.3. The molecule has 0 fully saturated rings. The molecule has 1 nitrogen and oxygen atoms in total. The molecule has 1 atom stereocenters. The third-order valence-electron chi connectivity index (χ3n) is 3.57. The van der Waals surface area contributed by atoms with Gasteiger partial charge in [0, 0.05) is 0 Å². The van der Waals surface area contributed by atoms with Crippen molar-refractivity contribution in [1.82, 2.24) is 0 Å². The molecule has 96 valence electrons. The van der Waals surface area contributed by atoms with Crippen molar-refractivity contribution in [1.29, 1.82) is 0 Å². The average Bonchev–Trinajstić information content (AvgIpc) is 2.29. The van der Waals surface area contributed by atoms with Crippen LogP contribution in [0.4, 0.5) is 0 Å². The molecule has 17 heavy (non-hydrogen) atoms. The van der Waals surface area contributed by atoms with E-state index >= 15 is 0 Å². The second kappa shape index (κ2) is 6.39. The first-order chi connectivity index (χ1) is 7.95. The third-order valence-corrected chi connectivity index (χ3v) is 7.46. The molecule has 0 heterocycles. The van der Waals surface area contributed by atoms with Crippen LogP contribution in [-0.2, 0) is 6.42 Å². The normalized spacial score (nSPS) is 14.4. The standard InChI is InChI=1S/C14H25BOS/c1-12(15)17(3,4)11-5-6-13-7-9-14(16-2)10-8-13/h7-10,12H,5-6,11,15H2,1-4H3. The SMILES string of the molecule is BC(C)S(C)(C)CCCc1ccc(OC)cc1. The summed E-state index contributed by atoms with van der Waals surface area (Å²) in [4.78, 5) is 0. The Morgan fingerprint density at radius 3 is 2.29 bits per heavy atom. The van der Waals surface area contributed by atoms with E-state index in [0.717, 1.165) is 10.9 Å². The van der Waals surface area contributed by atoms with Crippen LogP contribution in [0.3, 0.4) is 0 Å². The first-order valence-corrected chi connectivity index (χ1v) is 8.96. The van der Waals surface area contributed by atoms with Crippen molar-refractivity contribution >= 4 is 17.9 Å². The molecule has 1 rings (SSSR count). The number of ether oxygens (including phenoxy) is 1. The van der Waals surface area contributed by atoms with E-state index in [1.807, 2.05) is 0 Å². The summed E-state index contributed by atoms with van der Waals surface area (Å²) < 4.78 is 5.16. The van der Waals surface area contributed by atoms with Crippen molar-refractivity contribution < 1.29 is 4.74 Å². The maximum Gasteiger partial charge on any atom is 0.118 e. The van der Waals surface area contributed by atoms with Crippen LogP contribution in [0.5, 0.6) is 5.75 Å². The molecular formula is C14H25BOS. The van der Waals surface area contributed by atoms with Crippen molar-refractivity contribution in [2.24, 2.45) is 0 Å². The topological polar surface area (TPSA) is 9.23 Å². The smallest absolute Gasteiger partial charge is 0.118 e. The summed E-state index contributed by atoms with van der Waals surface area (Å²) in [6.07, 6.45) is 7.39. The van der Waals surface area contributed by atoms with Gasteiger partial charge in [-0.2, -0.15) is 0 Å². The van der Waals surface area contributed by atoms with Crippen molar-refractivity contribution in [2.45, 2.75) is 24.9 Å². The first-order valence-electron chi connectivity index (χ1n) is 6.28. The van der Waals surface area contributed by atoms with Gasteiger partial charge in [-0.3, -0.25) is 10.0 Å². The van der Waals surface area contributed by atoms with Crippen LogP contribution < -0.4 is 4.74 Å². The highest BCUT2D eigenvalue weighted by Crippen LogP contribution is 2.44. The minimum Gasteiger partial charge on any atom is -0.497 e. The second-order valence-corrected chi connectivity index (χ2v) is 9.93. The van der Waals surface area contributed by atoms with Crippen LogP contribution in [-0.4, -0.2) is 38.4 Å². The van der Waals surface area contributed by atoms with E-state index in [4.69, 9.17) is 4.74 Å². The molecule has 0 aromatic heterocycles. The minimum atomic E-state index is -0.406. The highest BCUT2D eigenvalue weighted by molar-refractivity contribution is 8.33. The van der Waals surface area contributed by atoms with Crippen LogP contribution >= 0.6 is 10.0 Å². The maximum absolute atomic E-state index is 5.16. The lowest BCUT2D eigenvalue weighted by Crippen LogP contribution is -2.16. The summed E-state index contributed by atoms with van der Waals surface area (Å²) in [6.45, 7) is 2.35. The van der Waals surface area contributed by atoms with Gasteiger partial charge in [0.25, 0.3) is 0 Å². The zero-order valence-electron chi connectivity index (χ0n) is 11.8. The van der Waals surface area contributed by atoms with Gasteiger partial charge in [0.2, 0.25) is 0 Å². The Balaban J connectivity index is 2.40. The Morgan fingerprint density at radius 2 is 1.82 bits per heavy atom. The zero-order chi connectivity index (χ0) is 12.9. The summed E-state index contributed by atoms with van der Waals surface area (Å²) >= 11 is 0. The second-order valence-electron chi connectivity index (χ2n) is 5.33. The number of rotatable bonds is 6. The summed E-state index contributed by atoms with van der Waals surface area (Å²) in [6, 6.07) is 8.46. The predicted molar refractivity (Wildman–Crippen MR) is 83.6 cm³/mol. The van der Waals surface area contributed by atoms with Crippen LogP contribution in [0.2, 0.25) is 0 Å². The minimum absolute atomic E-state index is 0.406. The number of hydrogen-bond donors (Lipinski definition) is 0. The van der Waals surface area contributed by atoms with E-state index in [-0.39, 0.29) is 0 Å². The molecule has 0 radical (unpaired) electrons. The van der Waals surface area contributed by atoms with Crippen LogP contribution in [0.25, 0.3) is 0 Å². The summed E-state index contributed by atoms with van der Waals surface area (Å²) in [5.41, 5.74) is 1.42. The molecule has 0 aliphatic carbocycles. The number of benzene rings is 1. The van der Waals surface area contributed by atoms with Gasteiger partial charge in [-0.1, -0.05) is 19.1 Å². The quantitative estimate of drug-likeness (QED) is 0.707. The summed E-state index contributed by atoms with van der Waals surface area (Å²) in [5.74, 6) is 2.32. The molecule has 1 unspecified atom stereocenters. The Hall–Kier alpha value is -0.565. The molecule has 0 aliphatic heterocycles. The fraction of sp³-hybridized carbons (Fsp3) is 0.571. The van der Waals surface area contributed by atoms with Gasteiger partial charge >= 0.3 is 0 Å². The van der Waals surface area contributed by atoms with Gasteiger partial charge in [0.1, 0.15) is 13.6 Å². The molecule has 0 saturated heterocycles. The van der Waals surface area contributed by atoms with E-state index in [0.29, 0.717) is 0 Å². The lowest BCUT2D eigenvalue weighted by molar-refractivity contribution is 0.414. The fourth-order valence-electron chi connectivity index (χ4n) is 1.68. The Labute approximate surface area is 109 Å². The maximum atomic E-state index is 5.16. The monoisotopic (exact) mass is 252 g/mol. The van der Waals surface area contributed by atoms with Gasteiger partial charge < -0.3 is 4.74 Å². The Bertz CT molecular complexity index is 333. The van der Waals surface area contributed by atoms with E-state index in [1.165, 1.54) is 24.2 Å². The number of hydrogen-bond acceptors (Lipinski definition) is 1. The molecule has 0 amide bonds. The largest absolute Gasteiger partial charge is 0.497 e. The van der Waals surface area contributed by atoms with Crippen molar-refractivity contribution in [2.75, 3.05) is 25.4 Å².